The highest BCUT2D eigenvalue weighted by molar-refractivity contribution is 5.82. The van der Waals surface area contributed by atoms with Gasteiger partial charge in [0.25, 0.3) is 5.88 Å². The number of aliphatic hydroxyl groups excluding tert-OH is 1. The fourth-order valence-corrected chi connectivity index (χ4v) is 5.14. The number of nitrogens with two attached hydrogens (primary N) is 1. The third-order valence-corrected chi connectivity index (χ3v) is 8.53. The number of pyridine rings is 1. The van der Waals surface area contributed by atoms with Crippen molar-refractivity contribution >= 4 is 11.8 Å². The lowest BCUT2D eigenvalue weighted by Crippen LogP contribution is -2.53. The molecule has 43 heavy (non-hydrogen) atoms. The smallest absolute Gasteiger partial charge is 0.256 e. The largest absolute Gasteiger partial charge is 0.488 e. The first-order valence-electron chi connectivity index (χ1n) is 16.0. The summed E-state index contributed by atoms with van der Waals surface area (Å²) in [7, 11) is 3.22. The van der Waals surface area contributed by atoms with Crippen LogP contribution in [0.1, 0.15) is 79.2 Å². The number of hydrogen-bond acceptors (Lipinski definition) is 8. The van der Waals surface area contributed by atoms with Crippen LogP contribution in [0.3, 0.4) is 0 Å². The maximum Gasteiger partial charge on any atom is 0.256 e. The van der Waals surface area contributed by atoms with E-state index in [-0.39, 0.29) is 47.8 Å². The predicted molar refractivity (Wildman–Crippen MR) is 169 cm³/mol. The average Bonchev–Trinajstić information content (AvgIpc) is 3.79. The molecule has 0 saturated heterocycles. The standard InChI is InChI=1S/C33H58N4O6/c1-20(2)25(14-24-15-29(33(42-8)36-19-24)43-13-9-12-41-7)16-27(37-32(40)30(34)22(5)6)28(38)17-26(21(3)4)31(39)35-18-23-10-11-23/h15,19-23,25-28,30,38H,9-14,16-18,34H2,1-8H3,(H,35,39)(H,37,40)/t25-,26-,27-,28-,30-/m0/s1. The van der Waals surface area contributed by atoms with E-state index >= 15 is 0 Å². The number of nitrogens with one attached hydrogen (secondary N) is 2. The molecule has 2 amide bonds. The van der Waals surface area contributed by atoms with Crippen LogP contribution in [-0.4, -0.2) is 74.1 Å². The minimum Gasteiger partial charge on any atom is -0.488 e. The van der Waals surface area contributed by atoms with Gasteiger partial charge in [-0.15, -0.1) is 0 Å². The molecule has 0 aliphatic heterocycles. The highest BCUT2D eigenvalue weighted by atomic mass is 16.5. The Hall–Kier alpha value is -2.43. The Bertz CT molecular complexity index is 984. The summed E-state index contributed by atoms with van der Waals surface area (Å²) in [6.45, 7) is 13.8. The summed E-state index contributed by atoms with van der Waals surface area (Å²) in [5.41, 5.74) is 7.17. The molecule has 1 heterocycles. The van der Waals surface area contributed by atoms with Gasteiger partial charge in [-0.05, 0) is 73.3 Å². The molecule has 10 nitrogen and oxygen atoms in total. The molecular weight excluding hydrogens is 548 g/mol. The second kappa shape index (κ2) is 18.4. The maximum atomic E-state index is 13.1. The zero-order chi connectivity index (χ0) is 32.1. The van der Waals surface area contributed by atoms with Crippen LogP contribution < -0.4 is 25.8 Å². The van der Waals surface area contributed by atoms with Crippen molar-refractivity contribution < 1.29 is 28.9 Å². The van der Waals surface area contributed by atoms with Gasteiger partial charge in [-0.25, -0.2) is 4.98 Å². The summed E-state index contributed by atoms with van der Waals surface area (Å²) in [6.07, 6.45) is 5.35. The van der Waals surface area contributed by atoms with Crippen LogP contribution in [0, 0.1) is 35.5 Å². The van der Waals surface area contributed by atoms with Crippen molar-refractivity contribution in [2.24, 2.45) is 41.2 Å². The van der Waals surface area contributed by atoms with Crippen LogP contribution in [0.4, 0.5) is 0 Å². The number of ether oxygens (including phenoxy) is 3. The summed E-state index contributed by atoms with van der Waals surface area (Å²) in [5.74, 6) is 1.18. The Morgan fingerprint density at radius 3 is 2.28 bits per heavy atom. The predicted octanol–water partition coefficient (Wildman–Crippen LogP) is 3.73. The molecule has 0 aromatic carbocycles. The lowest BCUT2D eigenvalue weighted by atomic mass is 9.80. The van der Waals surface area contributed by atoms with Crippen molar-refractivity contribution in [1.82, 2.24) is 15.6 Å². The highest BCUT2D eigenvalue weighted by Gasteiger charge is 2.34. The number of aliphatic hydroxyl groups is 1. The molecular formula is C33H58N4O6. The van der Waals surface area contributed by atoms with Crippen molar-refractivity contribution in [2.45, 2.75) is 98.3 Å². The maximum absolute atomic E-state index is 13.1. The molecule has 10 heteroatoms. The molecule has 1 aliphatic carbocycles. The summed E-state index contributed by atoms with van der Waals surface area (Å²) in [6, 6.07) is 0.683. The Balaban J connectivity index is 2.25. The minimum absolute atomic E-state index is 0.0346. The van der Waals surface area contributed by atoms with E-state index in [9.17, 15) is 14.7 Å². The van der Waals surface area contributed by atoms with E-state index in [1.165, 1.54) is 0 Å². The van der Waals surface area contributed by atoms with Gasteiger partial charge in [0.05, 0.1) is 31.9 Å². The summed E-state index contributed by atoms with van der Waals surface area (Å²) in [4.78, 5) is 30.7. The first-order chi connectivity index (χ1) is 20.4. The van der Waals surface area contributed by atoms with E-state index in [4.69, 9.17) is 19.9 Å². The number of rotatable bonds is 21. The normalized spacial score (nSPS) is 17.0. The second-order valence-electron chi connectivity index (χ2n) is 13.2. The molecule has 5 atom stereocenters. The lowest BCUT2D eigenvalue weighted by molar-refractivity contribution is -0.128. The molecule has 1 aromatic heterocycles. The molecule has 1 aliphatic rings. The molecule has 246 valence electrons. The number of nitrogens with zero attached hydrogens (tertiary/aromatic N) is 1. The molecule has 1 fully saturated rings. The van der Waals surface area contributed by atoms with Gasteiger partial charge in [0.15, 0.2) is 5.75 Å². The van der Waals surface area contributed by atoms with Gasteiger partial charge in [0.1, 0.15) is 0 Å². The number of aromatic nitrogens is 1. The van der Waals surface area contributed by atoms with E-state index in [1.54, 1.807) is 20.4 Å². The highest BCUT2D eigenvalue weighted by Crippen LogP contribution is 2.31. The van der Waals surface area contributed by atoms with Crippen LogP contribution in [-0.2, 0) is 20.7 Å². The number of methoxy groups -OCH3 is 2. The fourth-order valence-electron chi connectivity index (χ4n) is 5.14. The van der Waals surface area contributed by atoms with Gasteiger partial charge in [0.2, 0.25) is 11.8 Å². The summed E-state index contributed by atoms with van der Waals surface area (Å²) >= 11 is 0. The fraction of sp³-hybridized carbons (Fsp3) is 0.788. The van der Waals surface area contributed by atoms with Crippen LogP contribution in [0.2, 0.25) is 0 Å². The van der Waals surface area contributed by atoms with Crippen molar-refractivity contribution in [3.8, 4) is 11.6 Å². The van der Waals surface area contributed by atoms with E-state index in [0.29, 0.717) is 50.1 Å². The van der Waals surface area contributed by atoms with Gasteiger partial charge in [-0.2, -0.15) is 0 Å². The zero-order valence-electron chi connectivity index (χ0n) is 27.7. The molecule has 0 radical (unpaired) electrons. The molecule has 2 rings (SSSR count). The van der Waals surface area contributed by atoms with Gasteiger partial charge in [-0.1, -0.05) is 41.5 Å². The van der Waals surface area contributed by atoms with E-state index in [2.05, 4.69) is 29.5 Å². The Morgan fingerprint density at radius 2 is 1.72 bits per heavy atom. The number of carbonyl (C=O) groups is 2. The topological polar surface area (TPSA) is 145 Å². The molecule has 0 bridgehead atoms. The zero-order valence-corrected chi connectivity index (χ0v) is 27.7. The molecule has 1 saturated carbocycles. The first-order valence-corrected chi connectivity index (χ1v) is 16.0. The molecule has 5 N–H and O–H groups in total. The van der Waals surface area contributed by atoms with Crippen molar-refractivity contribution in [3.63, 3.8) is 0 Å². The van der Waals surface area contributed by atoms with E-state index < -0.39 is 18.2 Å². The Kier molecular flexibility index (Phi) is 15.7. The average molecular weight is 607 g/mol. The van der Waals surface area contributed by atoms with Gasteiger partial charge < -0.3 is 35.7 Å². The van der Waals surface area contributed by atoms with Crippen LogP contribution >= 0.6 is 0 Å². The number of amides is 2. The minimum atomic E-state index is -0.919. The third kappa shape index (κ3) is 12.6. The van der Waals surface area contributed by atoms with Crippen LogP contribution in [0.25, 0.3) is 0 Å². The molecule has 0 spiro atoms. The molecule has 1 aromatic rings. The number of hydrogen-bond donors (Lipinski definition) is 4. The Labute approximate surface area is 259 Å². The summed E-state index contributed by atoms with van der Waals surface area (Å²) < 4.78 is 16.5. The van der Waals surface area contributed by atoms with E-state index in [1.807, 2.05) is 33.8 Å². The van der Waals surface area contributed by atoms with Gasteiger partial charge >= 0.3 is 0 Å². The second-order valence-corrected chi connectivity index (χ2v) is 13.2. The van der Waals surface area contributed by atoms with Gasteiger partial charge in [0, 0.05) is 38.8 Å². The first kappa shape index (κ1) is 36.8. The Morgan fingerprint density at radius 1 is 1.02 bits per heavy atom. The quantitative estimate of drug-likeness (QED) is 0.155. The van der Waals surface area contributed by atoms with Crippen molar-refractivity contribution in [2.75, 3.05) is 34.0 Å². The van der Waals surface area contributed by atoms with Crippen LogP contribution in [0.15, 0.2) is 12.3 Å². The van der Waals surface area contributed by atoms with Gasteiger partial charge in [-0.3, -0.25) is 9.59 Å². The monoisotopic (exact) mass is 606 g/mol. The lowest BCUT2D eigenvalue weighted by Gasteiger charge is -2.33. The summed E-state index contributed by atoms with van der Waals surface area (Å²) in [5, 5.41) is 17.7. The van der Waals surface area contributed by atoms with Crippen LogP contribution in [0.5, 0.6) is 11.6 Å². The van der Waals surface area contributed by atoms with E-state index in [0.717, 1.165) is 24.8 Å². The SMILES string of the molecule is COCCCOc1cc(C[C@@H](C[C@H](NC(=O)[C@@H](N)C(C)C)[C@@H](O)C[C@H](C(=O)NCC2CC2)C(C)C)C(C)C)cnc1OC. The van der Waals surface area contributed by atoms with Crippen molar-refractivity contribution in [3.05, 3.63) is 17.8 Å². The molecule has 0 unspecified atom stereocenters. The third-order valence-electron chi connectivity index (χ3n) is 8.53. The number of carbonyl (C=O) groups excluding carboxylic acids is 2. The van der Waals surface area contributed by atoms with Crippen molar-refractivity contribution in [1.29, 1.82) is 0 Å².